The summed E-state index contributed by atoms with van der Waals surface area (Å²) in [6.07, 6.45) is 2.62. The van der Waals surface area contributed by atoms with Gasteiger partial charge in [-0.3, -0.25) is 5.10 Å². The van der Waals surface area contributed by atoms with Crippen LogP contribution < -0.4 is 10.6 Å². The number of aromatic nitrogens is 2. The van der Waals surface area contributed by atoms with E-state index in [1.165, 1.54) is 5.56 Å². The van der Waals surface area contributed by atoms with Gasteiger partial charge in [-0.25, -0.2) is 4.99 Å². The van der Waals surface area contributed by atoms with E-state index in [9.17, 15) is 0 Å². The highest BCUT2D eigenvalue weighted by atomic mass is 127. The Balaban J connectivity index is 0.00000242. The van der Waals surface area contributed by atoms with Crippen LogP contribution in [0.1, 0.15) is 18.2 Å². The van der Waals surface area contributed by atoms with Gasteiger partial charge >= 0.3 is 0 Å². The minimum atomic E-state index is 0. The van der Waals surface area contributed by atoms with Gasteiger partial charge in [0.05, 0.1) is 12.2 Å². The molecule has 0 bridgehead atoms. The molecule has 0 aliphatic heterocycles. The Bertz CT molecular complexity index is 571. The summed E-state index contributed by atoms with van der Waals surface area (Å²) in [5.74, 6) is 0.800. The van der Waals surface area contributed by atoms with Crippen molar-refractivity contribution in [1.82, 2.24) is 20.8 Å². The third-order valence-corrected chi connectivity index (χ3v) is 3.14. The van der Waals surface area contributed by atoms with Gasteiger partial charge in [0.15, 0.2) is 5.96 Å². The maximum atomic E-state index is 5.98. The van der Waals surface area contributed by atoms with Crippen LogP contribution in [0.3, 0.4) is 0 Å². The molecule has 0 saturated carbocycles. The number of nitrogens with one attached hydrogen (secondary N) is 3. The van der Waals surface area contributed by atoms with Crippen molar-refractivity contribution in [2.45, 2.75) is 19.9 Å². The van der Waals surface area contributed by atoms with Crippen LogP contribution >= 0.6 is 35.6 Å². The molecule has 3 N–H and O–H groups in total. The Kier molecular flexibility index (Phi) is 8.91. The standard InChI is InChI=1S/C15H20ClN5.HI/c1-2-17-15(19-11-14-7-9-20-21-14)18-8-6-12-4-3-5-13(16)10-12;/h3-5,7,9-10H,2,6,8,11H2,1H3,(H,20,21)(H2,17,18,19);1H. The van der Waals surface area contributed by atoms with Crippen LogP contribution in [-0.4, -0.2) is 29.2 Å². The average molecular weight is 434 g/mol. The van der Waals surface area contributed by atoms with Crippen LogP contribution in [0, 0.1) is 0 Å². The summed E-state index contributed by atoms with van der Waals surface area (Å²) >= 11 is 5.98. The zero-order valence-electron chi connectivity index (χ0n) is 12.5. The third-order valence-electron chi connectivity index (χ3n) is 2.91. The molecule has 1 heterocycles. The fourth-order valence-corrected chi connectivity index (χ4v) is 2.11. The second-order valence-corrected chi connectivity index (χ2v) is 5.02. The van der Waals surface area contributed by atoms with Crippen molar-refractivity contribution in [3.63, 3.8) is 0 Å². The number of halogens is 2. The molecule has 0 unspecified atom stereocenters. The van der Waals surface area contributed by atoms with E-state index in [1.54, 1.807) is 6.20 Å². The Hall–Kier alpha value is -1.28. The molecular formula is C15H21ClIN5. The van der Waals surface area contributed by atoms with Gasteiger partial charge in [-0.05, 0) is 37.1 Å². The van der Waals surface area contributed by atoms with E-state index in [4.69, 9.17) is 11.6 Å². The number of H-pyrrole nitrogens is 1. The van der Waals surface area contributed by atoms with Gasteiger partial charge in [0.25, 0.3) is 0 Å². The summed E-state index contributed by atoms with van der Waals surface area (Å²) < 4.78 is 0. The molecule has 2 rings (SSSR count). The molecule has 0 atom stereocenters. The van der Waals surface area contributed by atoms with Crippen LogP contribution in [0.2, 0.25) is 5.02 Å². The third kappa shape index (κ3) is 6.65. The van der Waals surface area contributed by atoms with Gasteiger partial charge in [-0.2, -0.15) is 5.10 Å². The number of aliphatic imine (C=N–C) groups is 1. The zero-order chi connectivity index (χ0) is 14.9. The van der Waals surface area contributed by atoms with E-state index < -0.39 is 0 Å². The molecule has 2 aromatic rings. The predicted molar refractivity (Wildman–Crippen MR) is 102 cm³/mol. The highest BCUT2D eigenvalue weighted by Gasteiger charge is 1.99. The van der Waals surface area contributed by atoms with Gasteiger partial charge in [-0.1, -0.05) is 23.7 Å². The largest absolute Gasteiger partial charge is 0.357 e. The maximum absolute atomic E-state index is 5.98. The minimum Gasteiger partial charge on any atom is -0.357 e. The topological polar surface area (TPSA) is 65.1 Å². The average Bonchev–Trinajstić information content (AvgIpc) is 2.98. The molecule has 5 nitrogen and oxygen atoms in total. The predicted octanol–water partition coefficient (Wildman–Crippen LogP) is 2.98. The quantitative estimate of drug-likeness (QED) is 0.373. The first-order chi connectivity index (χ1) is 10.3. The molecule has 120 valence electrons. The molecule has 0 spiro atoms. The van der Waals surface area contributed by atoms with Crippen LogP contribution in [0.25, 0.3) is 0 Å². The lowest BCUT2D eigenvalue weighted by atomic mass is 10.1. The lowest BCUT2D eigenvalue weighted by Crippen LogP contribution is -2.38. The summed E-state index contributed by atoms with van der Waals surface area (Å²) in [6, 6.07) is 9.82. The smallest absolute Gasteiger partial charge is 0.191 e. The first-order valence-electron chi connectivity index (χ1n) is 7.03. The van der Waals surface area contributed by atoms with Crippen molar-refractivity contribution in [1.29, 1.82) is 0 Å². The van der Waals surface area contributed by atoms with Crippen molar-refractivity contribution in [2.75, 3.05) is 13.1 Å². The minimum absolute atomic E-state index is 0. The van der Waals surface area contributed by atoms with Crippen LogP contribution in [0.15, 0.2) is 41.5 Å². The molecule has 7 heteroatoms. The van der Waals surface area contributed by atoms with E-state index in [1.807, 2.05) is 31.2 Å². The monoisotopic (exact) mass is 433 g/mol. The molecule has 22 heavy (non-hydrogen) atoms. The Labute approximate surface area is 153 Å². The Morgan fingerprint density at radius 3 is 2.86 bits per heavy atom. The van der Waals surface area contributed by atoms with Crippen molar-refractivity contribution >= 4 is 41.5 Å². The number of hydrogen-bond donors (Lipinski definition) is 3. The van der Waals surface area contributed by atoms with Crippen LogP contribution in [0.4, 0.5) is 0 Å². The highest BCUT2D eigenvalue weighted by Crippen LogP contribution is 2.10. The molecule has 0 saturated heterocycles. The van der Waals surface area contributed by atoms with Gasteiger partial charge in [0.1, 0.15) is 0 Å². The SMILES string of the molecule is CCNC(=NCc1ccn[nH]1)NCCc1cccc(Cl)c1.I. The summed E-state index contributed by atoms with van der Waals surface area (Å²) in [6.45, 7) is 4.25. The highest BCUT2D eigenvalue weighted by molar-refractivity contribution is 14.0. The fourth-order valence-electron chi connectivity index (χ4n) is 1.90. The van der Waals surface area contributed by atoms with Crippen molar-refractivity contribution in [2.24, 2.45) is 4.99 Å². The van der Waals surface area contributed by atoms with Crippen LogP contribution in [-0.2, 0) is 13.0 Å². The van der Waals surface area contributed by atoms with E-state index in [-0.39, 0.29) is 24.0 Å². The van der Waals surface area contributed by atoms with Gasteiger partial charge in [0.2, 0.25) is 0 Å². The van der Waals surface area contributed by atoms with E-state index in [0.29, 0.717) is 6.54 Å². The maximum Gasteiger partial charge on any atom is 0.191 e. The van der Waals surface area contributed by atoms with E-state index >= 15 is 0 Å². The van der Waals surface area contributed by atoms with E-state index in [0.717, 1.165) is 36.2 Å². The number of nitrogens with zero attached hydrogens (tertiary/aromatic N) is 2. The second kappa shape index (κ2) is 10.4. The normalized spacial score (nSPS) is 10.9. The first-order valence-corrected chi connectivity index (χ1v) is 7.40. The van der Waals surface area contributed by atoms with Crippen molar-refractivity contribution < 1.29 is 0 Å². The van der Waals surface area contributed by atoms with Crippen LogP contribution in [0.5, 0.6) is 0 Å². The van der Waals surface area contributed by atoms with Crippen molar-refractivity contribution in [3.05, 3.63) is 52.8 Å². The molecule has 0 fully saturated rings. The van der Waals surface area contributed by atoms with Gasteiger partial charge in [0, 0.05) is 24.3 Å². The molecular weight excluding hydrogens is 413 g/mol. The number of benzene rings is 1. The number of guanidine groups is 1. The zero-order valence-corrected chi connectivity index (χ0v) is 15.6. The van der Waals surface area contributed by atoms with Gasteiger partial charge < -0.3 is 10.6 Å². The number of rotatable bonds is 6. The fraction of sp³-hybridized carbons (Fsp3) is 0.333. The summed E-state index contributed by atoms with van der Waals surface area (Å²) in [5.41, 5.74) is 2.20. The molecule has 0 radical (unpaired) electrons. The Morgan fingerprint density at radius 1 is 1.32 bits per heavy atom. The molecule has 1 aromatic heterocycles. The lowest BCUT2D eigenvalue weighted by molar-refractivity contribution is 0.795. The second-order valence-electron chi connectivity index (χ2n) is 4.58. The molecule has 1 aromatic carbocycles. The summed E-state index contributed by atoms with van der Waals surface area (Å²) in [5, 5.41) is 14.1. The summed E-state index contributed by atoms with van der Waals surface area (Å²) in [7, 11) is 0. The number of hydrogen-bond acceptors (Lipinski definition) is 2. The summed E-state index contributed by atoms with van der Waals surface area (Å²) in [4.78, 5) is 4.50. The molecule has 0 aliphatic rings. The molecule has 0 amide bonds. The Morgan fingerprint density at radius 2 is 2.18 bits per heavy atom. The lowest BCUT2D eigenvalue weighted by Gasteiger charge is -2.11. The first kappa shape index (κ1) is 18.8. The van der Waals surface area contributed by atoms with Crippen molar-refractivity contribution in [3.8, 4) is 0 Å². The molecule has 0 aliphatic carbocycles. The van der Waals surface area contributed by atoms with E-state index in [2.05, 4.69) is 31.9 Å². The number of aromatic amines is 1. The van der Waals surface area contributed by atoms with Gasteiger partial charge in [-0.15, -0.1) is 24.0 Å².